The molecule has 4 rings (SSSR count). The molecule has 0 bridgehead atoms. The SMILES string of the molecule is C#C[C@]1(COCc2ccccc2)O[C@H]2COC(C)(C)OC2C1OCc1ccccc1. The Morgan fingerprint density at radius 3 is 2.23 bits per heavy atom. The lowest BCUT2D eigenvalue weighted by Crippen LogP contribution is -2.53. The van der Waals surface area contributed by atoms with Gasteiger partial charge >= 0.3 is 0 Å². The molecule has 30 heavy (non-hydrogen) atoms. The number of terminal acetylenes is 1. The van der Waals surface area contributed by atoms with Gasteiger partial charge in [-0.05, 0) is 25.0 Å². The zero-order valence-corrected chi connectivity index (χ0v) is 17.5. The van der Waals surface area contributed by atoms with Gasteiger partial charge in [0.05, 0.1) is 26.4 Å². The molecule has 0 saturated carbocycles. The summed E-state index contributed by atoms with van der Waals surface area (Å²) in [5.74, 6) is 2.10. The van der Waals surface area contributed by atoms with Gasteiger partial charge < -0.3 is 23.7 Å². The van der Waals surface area contributed by atoms with Crippen molar-refractivity contribution in [1.29, 1.82) is 0 Å². The molecule has 5 nitrogen and oxygen atoms in total. The highest BCUT2D eigenvalue weighted by Gasteiger charge is 2.59. The third-order valence-corrected chi connectivity index (χ3v) is 5.45. The maximum Gasteiger partial charge on any atom is 0.180 e. The zero-order chi connectivity index (χ0) is 21.0. The molecule has 2 aromatic carbocycles. The molecule has 2 saturated heterocycles. The van der Waals surface area contributed by atoms with E-state index in [9.17, 15) is 0 Å². The molecule has 2 unspecified atom stereocenters. The first-order valence-electron chi connectivity index (χ1n) is 10.3. The maximum atomic E-state index is 6.33. The summed E-state index contributed by atoms with van der Waals surface area (Å²) in [6, 6.07) is 20.0. The summed E-state index contributed by atoms with van der Waals surface area (Å²) >= 11 is 0. The van der Waals surface area contributed by atoms with Crippen LogP contribution in [0.4, 0.5) is 0 Å². The first kappa shape index (κ1) is 21.0. The number of ether oxygens (including phenoxy) is 5. The molecule has 0 aromatic heterocycles. The molecule has 0 aliphatic carbocycles. The van der Waals surface area contributed by atoms with Gasteiger partial charge in [-0.15, -0.1) is 6.42 Å². The summed E-state index contributed by atoms with van der Waals surface area (Å²) < 4.78 is 30.6. The Labute approximate surface area is 178 Å². The topological polar surface area (TPSA) is 46.2 Å². The molecule has 2 aliphatic heterocycles. The Morgan fingerprint density at radius 1 is 0.967 bits per heavy atom. The van der Waals surface area contributed by atoms with Gasteiger partial charge in [0.2, 0.25) is 0 Å². The van der Waals surface area contributed by atoms with Crippen molar-refractivity contribution in [3.63, 3.8) is 0 Å². The van der Waals surface area contributed by atoms with Crippen LogP contribution in [0.25, 0.3) is 0 Å². The molecule has 0 amide bonds. The van der Waals surface area contributed by atoms with Crippen LogP contribution >= 0.6 is 0 Å². The monoisotopic (exact) mass is 408 g/mol. The number of fused-ring (bicyclic) bond motifs is 1. The van der Waals surface area contributed by atoms with Crippen LogP contribution in [0.5, 0.6) is 0 Å². The lowest BCUT2D eigenvalue weighted by molar-refractivity contribution is -0.302. The van der Waals surface area contributed by atoms with E-state index in [0.717, 1.165) is 11.1 Å². The predicted molar refractivity (Wildman–Crippen MR) is 112 cm³/mol. The molecule has 4 atom stereocenters. The third-order valence-electron chi connectivity index (χ3n) is 5.45. The molecular formula is C25H28O5. The van der Waals surface area contributed by atoms with Gasteiger partial charge in [-0.25, -0.2) is 0 Å². The van der Waals surface area contributed by atoms with E-state index < -0.39 is 17.5 Å². The Kier molecular flexibility index (Phi) is 6.24. The fourth-order valence-corrected chi connectivity index (χ4v) is 3.93. The quantitative estimate of drug-likeness (QED) is 0.654. The summed E-state index contributed by atoms with van der Waals surface area (Å²) in [6.45, 7) is 5.22. The largest absolute Gasteiger partial charge is 0.373 e. The summed E-state index contributed by atoms with van der Waals surface area (Å²) in [5.41, 5.74) is 1.08. The molecular weight excluding hydrogens is 380 g/mol. The van der Waals surface area contributed by atoms with Crippen molar-refractivity contribution >= 4 is 0 Å². The maximum absolute atomic E-state index is 6.33. The molecule has 0 N–H and O–H groups in total. The van der Waals surface area contributed by atoms with Gasteiger partial charge in [-0.2, -0.15) is 0 Å². The summed E-state index contributed by atoms with van der Waals surface area (Å²) in [4.78, 5) is 0. The smallest absolute Gasteiger partial charge is 0.180 e. The minimum atomic E-state index is -1.05. The third kappa shape index (κ3) is 4.59. The van der Waals surface area contributed by atoms with Crippen molar-refractivity contribution in [3.8, 4) is 12.3 Å². The summed E-state index contributed by atoms with van der Waals surface area (Å²) in [5, 5.41) is 0. The minimum Gasteiger partial charge on any atom is -0.373 e. The van der Waals surface area contributed by atoms with Crippen LogP contribution < -0.4 is 0 Å². The van der Waals surface area contributed by atoms with Crippen LogP contribution in [0.3, 0.4) is 0 Å². The molecule has 2 aromatic rings. The van der Waals surface area contributed by atoms with Gasteiger partial charge in [0.25, 0.3) is 0 Å². The van der Waals surface area contributed by atoms with Crippen molar-refractivity contribution in [2.75, 3.05) is 13.2 Å². The molecule has 2 aliphatic rings. The number of rotatable bonds is 7. The highest BCUT2D eigenvalue weighted by molar-refractivity contribution is 5.22. The number of hydrogen-bond donors (Lipinski definition) is 0. The van der Waals surface area contributed by atoms with E-state index in [1.807, 2.05) is 74.5 Å². The second-order valence-corrected chi connectivity index (χ2v) is 8.18. The van der Waals surface area contributed by atoms with E-state index in [2.05, 4.69) is 5.92 Å². The average Bonchev–Trinajstić information content (AvgIpc) is 3.06. The van der Waals surface area contributed by atoms with E-state index >= 15 is 0 Å². The zero-order valence-electron chi connectivity index (χ0n) is 17.5. The van der Waals surface area contributed by atoms with Crippen LogP contribution in [-0.4, -0.2) is 42.9 Å². The average molecular weight is 408 g/mol. The number of hydrogen-bond acceptors (Lipinski definition) is 5. The lowest BCUT2D eigenvalue weighted by Gasteiger charge is -2.38. The van der Waals surface area contributed by atoms with Crippen molar-refractivity contribution < 1.29 is 23.7 Å². The van der Waals surface area contributed by atoms with Crippen LogP contribution in [-0.2, 0) is 36.9 Å². The van der Waals surface area contributed by atoms with Crippen molar-refractivity contribution in [2.45, 2.75) is 56.8 Å². The van der Waals surface area contributed by atoms with Crippen molar-refractivity contribution in [3.05, 3.63) is 71.8 Å². The van der Waals surface area contributed by atoms with Crippen LogP contribution in [0.15, 0.2) is 60.7 Å². The Balaban J connectivity index is 1.52. The highest BCUT2D eigenvalue weighted by atomic mass is 16.7. The molecule has 158 valence electrons. The second kappa shape index (κ2) is 8.89. The van der Waals surface area contributed by atoms with Gasteiger partial charge in [0, 0.05) is 0 Å². The van der Waals surface area contributed by atoms with Gasteiger partial charge in [0.15, 0.2) is 11.4 Å². The predicted octanol–water partition coefficient (Wildman–Crippen LogP) is 3.71. The standard InChI is InChI=1S/C25H28O5/c1-4-25(18-26-15-19-11-7-5-8-12-19)23(27-16-20-13-9-6-10-14-20)22-21(29-25)17-28-24(2,3)30-22/h1,5-14,21-23H,15-18H2,2-3H3/t21-,22?,23?,25+/m0/s1. The van der Waals surface area contributed by atoms with Gasteiger partial charge in [-0.1, -0.05) is 66.6 Å². The van der Waals surface area contributed by atoms with Crippen LogP contribution in [0, 0.1) is 12.3 Å². The fourth-order valence-electron chi connectivity index (χ4n) is 3.93. The second-order valence-electron chi connectivity index (χ2n) is 8.18. The van der Waals surface area contributed by atoms with Crippen molar-refractivity contribution in [1.82, 2.24) is 0 Å². The number of benzene rings is 2. The first-order valence-corrected chi connectivity index (χ1v) is 10.3. The van der Waals surface area contributed by atoms with E-state index in [0.29, 0.717) is 19.8 Å². The van der Waals surface area contributed by atoms with E-state index in [1.54, 1.807) is 0 Å². The molecule has 0 radical (unpaired) electrons. The lowest BCUT2D eigenvalue weighted by atomic mass is 9.94. The van der Waals surface area contributed by atoms with E-state index in [4.69, 9.17) is 30.1 Å². The Bertz CT molecular complexity index is 860. The van der Waals surface area contributed by atoms with Crippen LogP contribution in [0.2, 0.25) is 0 Å². The highest BCUT2D eigenvalue weighted by Crippen LogP contribution is 2.41. The Morgan fingerprint density at radius 2 is 1.60 bits per heavy atom. The fraction of sp³-hybridized carbons (Fsp3) is 0.440. The molecule has 5 heteroatoms. The molecule has 0 spiro atoms. The minimum absolute atomic E-state index is 0.203. The van der Waals surface area contributed by atoms with E-state index in [-0.39, 0.29) is 18.8 Å². The summed E-state index contributed by atoms with van der Waals surface area (Å²) in [7, 11) is 0. The normalized spacial score (nSPS) is 29.8. The first-order chi connectivity index (χ1) is 14.5. The molecule has 2 heterocycles. The summed E-state index contributed by atoms with van der Waals surface area (Å²) in [6.07, 6.45) is 4.87. The van der Waals surface area contributed by atoms with E-state index in [1.165, 1.54) is 0 Å². The van der Waals surface area contributed by atoms with Gasteiger partial charge in [-0.3, -0.25) is 0 Å². The van der Waals surface area contributed by atoms with Crippen molar-refractivity contribution in [2.24, 2.45) is 0 Å². The van der Waals surface area contributed by atoms with Gasteiger partial charge in [0.1, 0.15) is 18.3 Å². The Hall–Kier alpha value is -2.20. The molecule has 2 fully saturated rings. The van der Waals surface area contributed by atoms with Crippen LogP contribution in [0.1, 0.15) is 25.0 Å².